The van der Waals surface area contributed by atoms with Gasteiger partial charge in [0, 0.05) is 11.6 Å². The van der Waals surface area contributed by atoms with E-state index in [1.807, 2.05) is 42.2 Å². The molecule has 0 unspecified atom stereocenters. The van der Waals surface area contributed by atoms with Crippen molar-refractivity contribution in [1.29, 1.82) is 0 Å². The molecule has 1 rings (SSSR count). The number of aromatic nitrogens is 1. The van der Waals surface area contributed by atoms with Crippen molar-refractivity contribution >= 4 is 6.08 Å². The lowest BCUT2D eigenvalue weighted by Gasteiger charge is -1.89. The number of aliphatic hydroxyl groups is 1. The van der Waals surface area contributed by atoms with E-state index in [4.69, 9.17) is 5.11 Å². The third-order valence-electron chi connectivity index (χ3n) is 1.38. The summed E-state index contributed by atoms with van der Waals surface area (Å²) in [5, 5.41) is 8.50. The molecule has 58 valence electrons. The maximum Gasteiger partial charge on any atom is 0.175 e. The lowest BCUT2D eigenvalue weighted by Crippen LogP contribution is -2.26. The monoisotopic (exact) mass is 150 g/mol. The summed E-state index contributed by atoms with van der Waals surface area (Å²) in [6.45, 7) is 0.0958. The van der Waals surface area contributed by atoms with Crippen LogP contribution in [0.25, 0.3) is 6.08 Å². The SMILES string of the molecule is C[n+]1cccc(C=CCO)c1. The lowest BCUT2D eigenvalue weighted by molar-refractivity contribution is -0.671. The molecule has 0 aromatic carbocycles. The van der Waals surface area contributed by atoms with E-state index in [9.17, 15) is 0 Å². The molecular formula is C9H12NO+. The van der Waals surface area contributed by atoms with Gasteiger partial charge in [0.05, 0.1) is 6.61 Å². The number of hydrogen-bond acceptors (Lipinski definition) is 1. The minimum atomic E-state index is 0.0958. The number of hydrogen-bond donors (Lipinski definition) is 1. The summed E-state index contributed by atoms with van der Waals surface area (Å²) in [6, 6.07) is 3.96. The van der Waals surface area contributed by atoms with Gasteiger partial charge in [-0.25, -0.2) is 4.57 Å². The molecule has 1 aromatic rings. The molecule has 2 nitrogen and oxygen atoms in total. The summed E-state index contributed by atoms with van der Waals surface area (Å²) in [5.41, 5.74) is 1.10. The van der Waals surface area contributed by atoms with E-state index in [0.29, 0.717) is 0 Å². The van der Waals surface area contributed by atoms with Crippen LogP contribution in [0.1, 0.15) is 5.56 Å². The van der Waals surface area contributed by atoms with Gasteiger partial charge in [-0.05, 0) is 6.07 Å². The first-order valence-electron chi connectivity index (χ1n) is 3.55. The fourth-order valence-electron chi connectivity index (χ4n) is 0.898. The van der Waals surface area contributed by atoms with Crippen molar-refractivity contribution in [1.82, 2.24) is 0 Å². The Morgan fingerprint density at radius 1 is 1.64 bits per heavy atom. The van der Waals surface area contributed by atoms with Gasteiger partial charge in [0.2, 0.25) is 0 Å². The molecule has 1 N–H and O–H groups in total. The Kier molecular flexibility index (Phi) is 2.81. The Labute approximate surface area is 66.4 Å². The molecule has 0 amide bonds. The molecule has 0 aliphatic carbocycles. The van der Waals surface area contributed by atoms with Gasteiger partial charge in [0.1, 0.15) is 7.05 Å². The Hall–Kier alpha value is -1.15. The van der Waals surface area contributed by atoms with Gasteiger partial charge in [0.15, 0.2) is 12.4 Å². The molecule has 1 heterocycles. The van der Waals surface area contributed by atoms with E-state index in [2.05, 4.69) is 0 Å². The Morgan fingerprint density at radius 3 is 3.09 bits per heavy atom. The fourth-order valence-corrected chi connectivity index (χ4v) is 0.898. The van der Waals surface area contributed by atoms with Crippen molar-refractivity contribution in [2.24, 2.45) is 7.05 Å². The highest BCUT2D eigenvalue weighted by molar-refractivity contribution is 5.46. The molecule has 1 aromatic heterocycles. The maximum absolute atomic E-state index is 8.50. The van der Waals surface area contributed by atoms with Gasteiger partial charge in [-0.15, -0.1) is 0 Å². The third-order valence-corrected chi connectivity index (χ3v) is 1.38. The van der Waals surface area contributed by atoms with Crippen molar-refractivity contribution in [2.75, 3.05) is 6.61 Å². The van der Waals surface area contributed by atoms with Crippen LogP contribution in [0.4, 0.5) is 0 Å². The highest BCUT2D eigenvalue weighted by atomic mass is 16.2. The Balaban J connectivity index is 2.79. The largest absolute Gasteiger partial charge is 0.392 e. The predicted molar refractivity (Wildman–Crippen MR) is 43.7 cm³/mol. The van der Waals surface area contributed by atoms with Gasteiger partial charge in [-0.3, -0.25) is 0 Å². The Morgan fingerprint density at radius 2 is 2.45 bits per heavy atom. The molecule has 2 heteroatoms. The van der Waals surface area contributed by atoms with Crippen LogP contribution in [0, 0.1) is 0 Å². The molecule has 0 aliphatic rings. The Bertz CT molecular complexity index is 255. The molecule has 11 heavy (non-hydrogen) atoms. The van der Waals surface area contributed by atoms with E-state index >= 15 is 0 Å². The lowest BCUT2D eigenvalue weighted by atomic mass is 10.2. The van der Waals surface area contributed by atoms with Gasteiger partial charge < -0.3 is 5.11 Å². The van der Waals surface area contributed by atoms with Crippen molar-refractivity contribution in [3.05, 3.63) is 36.2 Å². The van der Waals surface area contributed by atoms with E-state index in [-0.39, 0.29) is 6.61 Å². The van der Waals surface area contributed by atoms with Crippen LogP contribution in [0.15, 0.2) is 30.6 Å². The fraction of sp³-hybridized carbons (Fsp3) is 0.222. The summed E-state index contributed by atoms with van der Waals surface area (Å²) < 4.78 is 1.97. The predicted octanol–water partition coefficient (Wildman–Crippen LogP) is 0.517. The van der Waals surface area contributed by atoms with Gasteiger partial charge in [0.25, 0.3) is 0 Å². The average molecular weight is 150 g/mol. The number of nitrogens with zero attached hydrogens (tertiary/aromatic N) is 1. The highest BCUT2D eigenvalue weighted by Crippen LogP contribution is 1.95. The molecule has 0 fully saturated rings. The van der Waals surface area contributed by atoms with Crippen LogP contribution < -0.4 is 4.57 Å². The topological polar surface area (TPSA) is 24.1 Å². The molecule has 0 aliphatic heterocycles. The van der Waals surface area contributed by atoms with Crippen molar-refractivity contribution < 1.29 is 9.67 Å². The third kappa shape index (κ3) is 2.51. The van der Waals surface area contributed by atoms with Gasteiger partial charge in [-0.1, -0.05) is 12.2 Å². The second-order valence-corrected chi connectivity index (χ2v) is 2.39. The van der Waals surface area contributed by atoms with Crippen molar-refractivity contribution in [2.45, 2.75) is 0 Å². The minimum Gasteiger partial charge on any atom is -0.392 e. The summed E-state index contributed by atoms with van der Waals surface area (Å²) in [4.78, 5) is 0. The van der Waals surface area contributed by atoms with Crippen molar-refractivity contribution in [3.63, 3.8) is 0 Å². The van der Waals surface area contributed by atoms with Crippen LogP contribution in [0.5, 0.6) is 0 Å². The van der Waals surface area contributed by atoms with E-state index in [1.54, 1.807) is 6.08 Å². The molecule has 0 bridgehead atoms. The molecule has 0 radical (unpaired) electrons. The molecular weight excluding hydrogens is 138 g/mol. The second kappa shape index (κ2) is 3.88. The number of pyridine rings is 1. The van der Waals surface area contributed by atoms with E-state index in [0.717, 1.165) is 5.56 Å². The van der Waals surface area contributed by atoms with Crippen LogP contribution in [0.3, 0.4) is 0 Å². The maximum atomic E-state index is 8.50. The summed E-state index contributed by atoms with van der Waals surface area (Å²) in [5.74, 6) is 0. The van der Waals surface area contributed by atoms with Crippen LogP contribution >= 0.6 is 0 Å². The van der Waals surface area contributed by atoms with Crippen LogP contribution in [-0.2, 0) is 7.05 Å². The van der Waals surface area contributed by atoms with Crippen molar-refractivity contribution in [3.8, 4) is 0 Å². The normalized spacial score (nSPS) is 10.7. The van der Waals surface area contributed by atoms with Gasteiger partial charge in [-0.2, -0.15) is 0 Å². The molecule has 0 saturated heterocycles. The molecule has 0 atom stereocenters. The van der Waals surface area contributed by atoms with E-state index < -0.39 is 0 Å². The molecule has 0 saturated carbocycles. The van der Waals surface area contributed by atoms with E-state index in [1.165, 1.54) is 0 Å². The summed E-state index contributed by atoms with van der Waals surface area (Å²) >= 11 is 0. The quantitative estimate of drug-likeness (QED) is 0.610. The molecule has 0 spiro atoms. The standard InChI is InChI=1S/C9H12NO/c1-10-6-2-4-9(8-10)5-3-7-11/h2-6,8,11H,7H2,1H3/q+1. The van der Waals surface area contributed by atoms with Crippen LogP contribution in [0.2, 0.25) is 0 Å². The zero-order valence-electron chi connectivity index (χ0n) is 6.57. The number of aryl methyl sites for hydroxylation is 1. The minimum absolute atomic E-state index is 0.0958. The average Bonchev–Trinajstić information content (AvgIpc) is 2.01. The number of aliphatic hydroxyl groups excluding tert-OH is 1. The number of rotatable bonds is 2. The second-order valence-electron chi connectivity index (χ2n) is 2.39. The van der Waals surface area contributed by atoms with Gasteiger partial charge >= 0.3 is 0 Å². The summed E-state index contributed by atoms with van der Waals surface area (Å²) in [7, 11) is 1.97. The van der Waals surface area contributed by atoms with Crippen LogP contribution in [-0.4, -0.2) is 11.7 Å². The zero-order chi connectivity index (χ0) is 8.10. The zero-order valence-corrected chi connectivity index (χ0v) is 6.57. The smallest absolute Gasteiger partial charge is 0.175 e. The first-order valence-corrected chi connectivity index (χ1v) is 3.55. The highest BCUT2D eigenvalue weighted by Gasteiger charge is 1.91. The summed E-state index contributed by atoms with van der Waals surface area (Å²) in [6.07, 6.45) is 7.57. The first kappa shape index (κ1) is 7.95. The first-order chi connectivity index (χ1) is 5.33.